The SMILES string of the molecule is CCOC(=O)c1oc2c(c1C)C(=O)c1c(C)cccc1C2=O. The average Bonchev–Trinajstić information content (AvgIpc) is 2.83. The first-order valence-electron chi connectivity index (χ1n) is 6.96. The van der Waals surface area contributed by atoms with E-state index in [9.17, 15) is 14.4 Å². The minimum absolute atomic E-state index is 0.0800. The van der Waals surface area contributed by atoms with Gasteiger partial charge in [0.2, 0.25) is 11.5 Å². The van der Waals surface area contributed by atoms with Gasteiger partial charge in [-0.05, 0) is 26.3 Å². The summed E-state index contributed by atoms with van der Waals surface area (Å²) < 4.78 is 10.3. The molecule has 3 rings (SSSR count). The second kappa shape index (κ2) is 4.94. The van der Waals surface area contributed by atoms with E-state index in [0.29, 0.717) is 16.7 Å². The zero-order valence-corrected chi connectivity index (χ0v) is 12.5. The van der Waals surface area contributed by atoms with Crippen LogP contribution >= 0.6 is 0 Å². The number of carbonyl (C=O) groups is 3. The third kappa shape index (κ3) is 1.82. The van der Waals surface area contributed by atoms with E-state index >= 15 is 0 Å². The maximum absolute atomic E-state index is 12.7. The van der Waals surface area contributed by atoms with Crippen molar-refractivity contribution < 1.29 is 23.5 Å². The lowest BCUT2D eigenvalue weighted by Crippen LogP contribution is -2.21. The number of esters is 1. The molecule has 22 heavy (non-hydrogen) atoms. The van der Waals surface area contributed by atoms with Gasteiger partial charge in [-0.3, -0.25) is 9.59 Å². The second-order valence-corrected chi connectivity index (χ2v) is 5.14. The number of furan rings is 1. The van der Waals surface area contributed by atoms with Gasteiger partial charge in [-0.2, -0.15) is 0 Å². The molecule has 0 unspecified atom stereocenters. The van der Waals surface area contributed by atoms with Gasteiger partial charge in [0, 0.05) is 16.7 Å². The number of benzene rings is 1. The van der Waals surface area contributed by atoms with Gasteiger partial charge in [-0.15, -0.1) is 0 Å². The maximum Gasteiger partial charge on any atom is 0.374 e. The minimum atomic E-state index is -0.671. The van der Waals surface area contributed by atoms with E-state index in [1.165, 1.54) is 0 Å². The van der Waals surface area contributed by atoms with Crippen LogP contribution in [0.2, 0.25) is 0 Å². The van der Waals surface area contributed by atoms with Crippen molar-refractivity contribution in [1.82, 2.24) is 0 Å². The lowest BCUT2D eigenvalue weighted by atomic mass is 9.84. The number of aryl methyl sites for hydroxylation is 1. The summed E-state index contributed by atoms with van der Waals surface area (Å²) >= 11 is 0. The van der Waals surface area contributed by atoms with E-state index in [1.54, 1.807) is 39.0 Å². The highest BCUT2D eigenvalue weighted by molar-refractivity contribution is 6.28. The molecule has 0 radical (unpaired) electrons. The van der Waals surface area contributed by atoms with E-state index in [-0.39, 0.29) is 35.3 Å². The molecule has 0 aliphatic heterocycles. The third-order valence-electron chi connectivity index (χ3n) is 3.79. The topological polar surface area (TPSA) is 73.6 Å². The molecule has 0 spiro atoms. The van der Waals surface area contributed by atoms with Gasteiger partial charge >= 0.3 is 5.97 Å². The molecule has 1 aromatic carbocycles. The zero-order chi connectivity index (χ0) is 16.0. The third-order valence-corrected chi connectivity index (χ3v) is 3.79. The van der Waals surface area contributed by atoms with Crippen LogP contribution in [0.15, 0.2) is 22.6 Å². The Hall–Kier alpha value is -2.69. The second-order valence-electron chi connectivity index (χ2n) is 5.14. The van der Waals surface area contributed by atoms with E-state index in [4.69, 9.17) is 9.15 Å². The average molecular weight is 298 g/mol. The Labute approximate surface area is 126 Å². The lowest BCUT2D eigenvalue weighted by molar-refractivity contribution is 0.0487. The molecule has 1 heterocycles. The molecule has 5 heteroatoms. The van der Waals surface area contributed by atoms with Gasteiger partial charge < -0.3 is 9.15 Å². The monoisotopic (exact) mass is 298 g/mol. The molecular weight excluding hydrogens is 284 g/mol. The van der Waals surface area contributed by atoms with Crippen molar-refractivity contribution in [2.24, 2.45) is 0 Å². The summed E-state index contributed by atoms with van der Waals surface area (Å²) in [5.41, 5.74) is 1.91. The van der Waals surface area contributed by atoms with Gasteiger partial charge in [0.1, 0.15) is 0 Å². The molecule has 0 atom stereocenters. The largest absolute Gasteiger partial charge is 0.460 e. The molecule has 1 aliphatic rings. The molecule has 1 aromatic heterocycles. The standard InChI is InChI=1S/C17H14O5/c1-4-21-17(20)15-9(3)12-14(19)11-8(2)6-5-7-10(11)13(18)16(12)22-15/h5-7H,4H2,1-3H3. The molecule has 2 aromatic rings. The van der Waals surface area contributed by atoms with Gasteiger partial charge in [-0.25, -0.2) is 4.79 Å². The Morgan fingerprint density at radius 2 is 1.86 bits per heavy atom. The molecule has 112 valence electrons. The zero-order valence-electron chi connectivity index (χ0n) is 12.5. The van der Waals surface area contributed by atoms with E-state index < -0.39 is 5.97 Å². The van der Waals surface area contributed by atoms with Crippen molar-refractivity contribution in [3.63, 3.8) is 0 Å². The normalized spacial score (nSPS) is 12.9. The summed E-state index contributed by atoms with van der Waals surface area (Å²) in [6.07, 6.45) is 0. The summed E-state index contributed by atoms with van der Waals surface area (Å²) in [6, 6.07) is 5.08. The van der Waals surface area contributed by atoms with Crippen LogP contribution in [0.1, 0.15) is 60.6 Å². The summed E-state index contributed by atoms with van der Waals surface area (Å²) in [4.78, 5) is 37.2. The van der Waals surface area contributed by atoms with Crippen LogP contribution in [0.4, 0.5) is 0 Å². The first-order valence-corrected chi connectivity index (χ1v) is 6.96. The molecule has 0 bridgehead atoms. The van der Waals surface area contributed by atoms with Gasteiger partial charge in [0.15, 0.2) is 11.5 Å². The van der Waals surface area contributed by atoms with Crippen molar-refractivity contribution >= 4 is 17.5 Å². The fourth-order valence-electron chi connectivity index (χ4n) is 2.74. The molecule has 1 aliphatic carbocycles. The molecule has 0 N–H and O–H groups in total. The van der Waals surface area contributed by atoms with Crippen molar-refractivity contribution in [3.05, 3.63) is 57.5 Å². The van der Waals surface area contributed by atoms with Crippen LogP contribution in [-0.4, -0.2) is 24.1 Å². The maximum atomic E-state index is 12.7. The highest BCUT2D eigenvalue weighted by Crippen LogP contribution is 2.34. The fraction of sp³-hybridized carbons (Fsp3) is 0.235. The van der Waals surface area contributed by atoms with Crippen LogP contribution in [0, 0.1) is 13.8 Å². The number of ketones is 2. The van der Waals surface area contributed by atoms with Crippen LogP contribution in [0.25, 0.3) is 0 Å². The highest BCUT2D eigenvalue weighted by Gasteiger charge is 2.38. The fourth-order valence-corrected chi connectivity index (χ4v) is 2.74. The summed E-state index contributed by atoms with van der Waals surface area (Å²) in [5, 5.41) is 0. The molecule has 0 amide bonds. The Morgan fingerprint density at radius 3 is 2.55 bits per heavy atom. The van der Waals surface area contributed by atoms with Crippen LogP contribution in [0.3, 0.4) is 0 Å². The number of fused-ring (bicyclic) bond motifs is 2. The Balaban J connectivity index is 2.23. The van der Waals surface area contributed by atoms with Crippen LogP contribution in [-0.2, 0) is 4.74 Å². The van der Waals surface area contributed by atoms with E-state index in [1.807, 2.05) is 0 Å². The predicted octanol–water partition coefficient (Wildman–Crippen LogP) is 2.85. The van der Waals surface area contributed by atoms with Crippen LogP contribution in [0.5, 0.6) is 0 Å². The molecular formula is C17H14O5. The summed E-state index contributed by atoms with van der Waals surface area (Å²) in [6.45, 7) is 5.22. The quantitative estimate of drug-likeness (QED) is 0.680. The summed E-state index contributed by atoms with van der Waals surface area (Å²) in [5.74, 6) is -1.51. The Bertz CT molecular complexity index is 826. The number of hydrogen-bond donors (Lipinski definition) is 0. The number of hydrogen-bond acceptors (Lipinski definition) is 5. The minimum Gasteiger partial charge on any atom is -0.460 e. The predicted molar refractivity (Wildman–Crippen MR) is 77.4 cm³/mol. The Morgan fingerprint density at radius 1 is 1.14 bits per heavy atom. The van der Waals surface area contributed by atoms with Crippen molar-refractivity contribution in [2.75, 3.05) is 6.61 Å². The van der Waals surface area contributed by atoms with Gasteiger partial charge in [0.05, 0.1) is 12.2 Å². The number of carbonyl (C=O) groups excluding carboxylic acids is 3. The first kappa shape index (κ1) is 14.3. The van der Waals surface area contributed by atoms with E-state index in [0.717, 1.165) is 5.56 Å². The van der Waals surface area contributed by atoms with Gasteiger partial charge in [0.25, 0.3) is 0 Å². The van der Waals surface area contributed by atoms with Crippen molar-refractivity contribution in [3.8, 4) is 0 Å². The smallest absolute Gasteiger partial charge is 0.374 e. The van der Waals surface area contributed by atoms with Crippen molar-refractivity contribution in [1.29, 1.82) is 0 Å². The van der Waals surface area contributed by atoms with Crippen LogP contribution < -0.4 is 0 Å². The number of ether oxygens (including phenoxy) is 1. The molecule has 5 nitrogen and oxygen atoms in total. The summed E-state index contributed by atoms with van der Waals surface area (Å²) in [7, 11) is 0. The molecule has 0 fully saturated rings. The molecule has 0 saturated heterocycles. The molecule has 0 saturated carbocycles. The van der Waals surface area contributed by atoms with Gasteiger partial charge in [-0.1, -0.05) is 18.2 Å². The number of rotatable bonds is 2. The first-order chi connectivity index (χ1) is 10.5. The highest BCUT2D eigenvalue weighted by atomic mass is 16.5. The van der Waals surface area contributed by atoms with Crippen molar-refractivity contribution in [2.45, 2.75) is 20.8 Å². The Kier molecular flexibility index (Phi) is 3.20. The van der Waals surface area contributed by atoms with E-state index in [2.05, 4.69) is 0 Å². The lowest BCUT2D eigenvalue weighted by Gasteiger charge is -2.15.